The summed E-state index contributed by atoms with van der Waals surface area (Å²) in [7, 11) is 0. The Labute approximate surface area is 112 Å². The number of benzene rings is 1. The maximum Gasteiger partial charge on any atom is 0.221 e. The van der Waals surface area contributed by atoms with E-state index in [2.05, 4.69) is 34.5 Å². The number of hydrogen-bond donors (Lipinski definition) is 1. The molecule has 4 heteroatoms. The maximum atomic E-state index is 11.3. The number of rotatable bonds is 2. The lowest BCUT2D eigenvalue weighted by molar-refractivity contribution is -0.120. The van der Waals surface area contributed by atoms with E-state index in [1.165, 1.54) is 16.2 Å². The quantitative estimate of drug-likeness (QED) is 0.880. The largest absolute Gasteiger partial charge is 0.355 e. The summed E-state index contributed by atoms with van der Waals surface area (Å²) in [5.41, 5.74) is 1.49. The van der Waals surface area contributed by atoms with Gasteiger partial charge < -0.3 is 10.2 Å². The van der Waals surface area contributed by atoms with Crippen molar-refractivity contribution in [3.8, 4) is 0 Å². The van der Waals surface area contributed by atoms with Crippen LogP contribution in [0, 0.1) is 0 Å². The van der Waals surface area contributed by atoms with Crippen molar-refractivity contribution in [2.45, 2.75) is 17.2 Å². The Morgan fingerprint density at radius 3 is 3.17 bits per heavy atom. The number of nitrogens with zero attached hydrogens (tertiary/aromatic N) is 1. The van der Waals surface area contributed by atoms with E-state index < -0.39 is 0 Å². The Morgan fingerprint density at radius 1 is 1.33 bits per heavy atom. The van der Waals surface area contributed by atoms with Crippen LogP contribution in [0.25, 0.3) is 0 Å². The normalized spacial score (nSPS) is 24.4. The number of thioether (sulfide) groups is 1. The topological polar surface area (TPSA) is 32.3 Å². The van der Waals surface area contributed by atoms with Gasteiger partial charge in [0.05, 0.1) is 0 Å². The number of carbonyl (C=O) groups excluding carboxylic acids is 1. The van der Waals surface area contributed by atoms with Crippen molar-refractivity contribution < 1.29 is 4.79 Å². The first-order valence-electron chi connectivity index (χ1n) is 6.54. The van der Waals surface area contributed by atoms with Crippen LogP contribution in [-0.4, -0.2) is 42.7 Å². The second-order valence-electron chi connectivity index (χ2n) is 4.95. The van der Waals surface area contributed by atoms with Crippen molar-refractivity contribution in [1.82, 2.24) is 10.2 Å². The predicted octanol–water partition coefficient (Wildman–Crippen LogP) is 1.70. The molecule has 1 fully saturated rings. The number of nitrogens with one attached hydrogen (secondary N) is 1. The Hall–Kier alpha value is -1.00. The van der Waals surface area contributed by atoms with Gasteiger partial charge in [0, 0.05) is 49.2 Å². The Balaban J connectivity index is 1.65. The van der Waals surface area contributed by atoms with E-state index >= 15 is 0 Å². The number of fused-ring (bicyclic) bond motifs is 1. The summed E-state index contributed by atoms with van der Waals surface area (Å²) in [6, 6.07) is 8.71. The molecule has 1 aromatic carbocycles. The predicted molar refractivity (Wildman–Crippen MR) is 74.0 cm³/mol. The third-order valence-corrected chi connectivity index (χ3v) is 4.93. The zero-order valence-corrected chi connectivity index (χ0v) is 11.2. The van der Waals surface area contributed by atoms with Gasteiger partial charge in [-0.2, -0.15) is 0 Å². The van der Waals surface area contributed by atoms with E-state index in [1.807, 2.05) is 11.8 Å². The van der Waals surface area contributed by atoms with Crippen LogP contribution in [0.2, 0.25) is 0 Å². The fraction of sp³-hybridized carbons (Fsp3) is 0.500. The van der Waals surface area contributed by atoms with E-state index in [-0.39, 0.29) is 5.91 Å². The van der Waals surface area contributed by atoms with E-state index in [4.69, 9.17) is 0 Å². The molecule has 2 aliphatic heterocycles. The summed E-state index contributed by atoms with van der Waals surface area (Å²) < 4.78 is 0. The molecule has 1 atom stereocenters. The molecule has 1 saturated heterocycles. The molecule has 1 amide bonds. The number of hydrogen-bond acceptors (Lipinski definition) is 3. The summed E-state index contributed by atoms with van der Waals surface area (Å²) in [6.45, 7) is 3.75. The Bertz CT molecular complexity index is 449. The smallest absolute Gasteiger partial charge is 0.221 e. The highest BCUT2D eigenvalue weighted by Crippen LogP contribution is 2.39. The highest BCUT2D eigenvalue weighted by molar-refractivity contribution is 7.99. The SMILES string of the molecule is O=C1CCN(CC2CSc3ccccc32)CCN1. The van der Waals surface area contributed by atoms with Crippen LogP contribution in [0.5, 0.6) is 0 Å². The second kappa shape index (κ2) is 5.33. The molecular weight excluding hydrogens is 244 g/mol. The zero-order chi connectivity index (χ0) is 12.4. The van der Waals surface area contributed by atoms with Crippen LogP contribution in [0.15, 0.2) is 29.2 Å². The lowest BCUT2D eigenvalue weighted by Gasteiger charge is -2.23. The molecule has 96 valence electrons. The first-order chi connectivity index (χ1) is 8.83. The Kier molecular flexibility index (Phi) is 3.57. The van der Waals surface area contributed by atoms with Crippen LogP contribution in [0.1, 0.15) is 17.9 Å². The molecule has 2 heterocycles. The lowest BCUT2D eigenvalue weighted by atomic mass is 10.0. The van der Waals surface area contributed by atoms with Crippen molar-refractivity contribution in [1.29, 1.82) is 0 Å². The zero-order valence-electron chi connectivity index (χ0n) is 10.4. The monoisotopic (exact) mass is 262 g/mol. The van der Waals surface area contributed by atoms with E-state index in [9.17, 15) is 4.79 Å². The molecule has 0 aromatic heterocycles. The standard InChI is InChI=1S/C14H18N2OS/c17-14-5-7-16(8-6-15-14)9-11-10-18-13-4-2-1-3-12(11)13/h1-4,11H,5-10H2,(H,15,17). The molecule has 18 heavy (non-hydrogen) atoms. The van der Waals surface area contributed by atoms with Gasteiger partial charge in [0.15, 0.2) is 0 Å². The maximum absolute atomic E-state index is 11.3. The molecule has 0 aliphatic carbocycles. The van der Waals surface area contributed by atoms with Crippen LogP contribution in [0.4, 0.5) is 0 Å². The highest BCUT2D eigenvalue weighted by Gasteiger charge is 2.25. The first-order valence-corrected chi connectivity index (χ1v) is 7.52. The van der Waals surface area contributed by atoms with Gasteiger partial charge in [0.1, 0.15) is 0 Å². The molecule has 3 rings (SSSR count). The molecule has 1 aromatic rings. The first kappa shape index (κ1) is 12.1. The van der Waals surface area contributed by atoms with E-state index in [0.717, 1.165) is 26.2 Å². The van der Waals surface area contributed by atoms with Gasteiger partial charge in [0.25, 0.3) is 0 Å². The van der Waals surface area contributed by atoms with Gasteiger partial charge >= 0.3 is 0 Å². The fourth-order valence-corrected chi connectivity index (χ4v) is 3.93. The van der Waals surface area contributed by atoms with Gasteiger partial charge in [-0.05, 0) is 11.6 Å². The summed E-state index contributed by atoms with van der Waals surface area (Å²) in [4.78, 5) is 15.2. The summed E-state index contributed by atoms with van der Waals surface area (Å²) in [5.74, 6) is 2.00. The number of carbonyl (C=O) groups is 1. The van der Waals surface area contributed by atoms with Gasteiger partial charge in [-0.1, -0.05) is 18.2 Å². The molecule has 1 unspecified atom stereocenters. The molecular formula is C14H18N2OS. The Morgan fingerprint density at radius 2 is 2.22 bits per heavy atom. The van der Waals surface area contributed by atoms with Crippen molar-refractivity contribution >= 4 is 17.7 Å². The molecule has 2 aliphatic rings. The highest BCUT2D eigenvalue weighted by atomic mass is 32.2. The summed E-state index contributed by atoms with van der Waals surface area (Å²) in [5, 5.41) is 2.93. The second-order valence-corrected chi connectivity index (χ2v) is 6.01. The minimum absolute atomic E-state index is 0.193. The number of amides is 1. The molecule has 0 saturated carbocycles. The minimum Gasteiger partial charge on any atom is -0.355 e. The fourth-order valence-electron chi connectivity index (χ4n) is 2.69. The van der Waals surface area contributed by atoms with Gasteiger partial charge in [-0.3, -0.25) is 4.79 Å². The van der Waals surface area contributed by atoms with Crippen LogP contribution in [-0.2, 0) is 4.79 Å². The van der Waals surface area contributed by atoms with E-state index in [1.54, 1.807) is 0 Å². The third kappa shape index (κ3) is 2.54. The minimum atomic E-state index is 0.193. The third-order valence-electron chi connectivity index (χ3n) is 3.68. The molecule has 0 radical (unpaired) electrons. The van der Waals surface area contributed by atoms with E-state index in [0.29, 0.717) is 12.3 Å². The van der Waals surface area contributed by atoms with Crippen LogP contribution in [0.3, 0.4) is 0 Å². The van der Waals surface area contributed by atoms with Crippen LogP contribution >= 0.6 is 11.8 Å². The van der Waals surface area contributed by atoms with Gasteiger partial charge in [-0.15, -0.1) is 11.8 Å². The lowest BCUT2D eigenvalue weighted by Crippen LogP contribution is -2.32. The molecule has 0 bridgehead atoms. The van der Waals surface area contributed by atoms with Gasteiger partial charge in [0.2, 0.25) is 5.91 Å². The van der Waals surface area contributed by atoms with Gasteiger partial charge in [-0.25, -0.2) is 0 Å². The van der Waals surface area contributed by atoms with Crippen molar-refractivity contribution in [2.75, 3.05) is 31.9 Å². The summed E-state index contributed by atoms with van der Waals surface area (Å²) in [6.07, 6.45) is 0.640. The van der Waals surface area contributed by atoms with Crippen molar-refractivity contribution in [3.63, 3.8) is 0 Å². The average Bonchev–Trinajstić information content (AvgIpc) is 2.67. The van der Waals surface area contributed by atoms with Crippen molar-refractivity contribution in [3.05, 3.63) is 29.8 Å². The van der Waals surface area contributed by atoms with Crippen molar-refractivity contribution in [2.24, 2.45) is 0 Å². The van der Waals surface area contributed by atoms with Crippen LogP contribution < -0.4 is 5.32 Å². The molecule has 0 spiro atoms. The summed E-state index contributed by atoms with van der Waals surface area (Å²) >= 11 is 1.96. The molecule has 3 nitrogen and oxygen atoms in total. The average molecular weight is 262 g/mol. The molecule has 1 N–H and O–H groups in total.